The lowest BCUT2D eigenvalue weighted by molar-refractivity contribution is 0.400. The summed E-state index contributed by atoms with van der Waals surface area (Å²) in [4.78, 5) is 5.90. The maximum atomic E-state index is 5.88. The van der Waals surface area contributed by atoms with Crippen LogP contribution in [0.25, 0.3) is 0 Å². The lowest BCUT2D eigenvalue weighted by Gasteiger charge is -2.31. The number of fused-ring (bicyclic) bond motifs is 1. The largest absolute Gasteiger partial charge is 0.271 e. The van der Waals surface area contributed by atoms with E-state index in [0.29, 0.717) is 5.92 Å². The van der Waals surface area contributed by atoms with Gasteiger partial charge in [-0.05, 0) is 54.8 Å². The van der Waals surface area contributed by atoms with Gasteiger partial charge in [0, 0.05) is 22.7 Å². The number of rotatable bonds is 4. The van der Waals surface area contributed by atoms with Crippen LogP contribution in [0.2, 0.25) is 0 Å². The molecule has 21 heavy (non-hydrogen) atoms. The Morgan fingerprint density at radius 1 is 1.29 bits per heavy atom. The Hall–Kier alpha value is -1.36. The highest BCUT2D eigenvalue weighted by atomic mass is 32.2. The number of hydrogen-bond acceptors (Lipinski definition) is 4. The number of aryl methyl sites for hydroxylation is 1. The molecule has 0 aliphatic heterocycles. The third kappa shape index (κ3) is 2.98. The highest BCUT2D eigenvalue weighted by Crippen LogP contribution is 2.39. The zero-order chi connectivity index (χ0) is 14.7. The molecule has 0 amide bonds. The number of pyridine rings is 1. The molecule has 1 aliphatic rings. The molecule has 4 heteroatoms. The van der Waals surface area contributed by atoms with Gasteiger partial charge in [-0.15, -0.1) is 11.8 Å². The van der Waals surface area contributed by atoms with Crippen LogP contribution in [0.1, 0.15) is 41.6 Å². The van der Waals surface area contributed by atoms with Crippen molar-refractivity contribution < 1.29 is 0 Å². The molecule has 3 nitrogen and oxygen atoms in total. The van der Waals surface area contributed by atoms with E-state index >= 15 is 0 Å². The fraction of sp³-hybridized carbons (Fsp3) is 0.353. The number of hydrogen-bond donors (Lipinski definition) is 2. The molecule has 110 valence electrons. The summed E-state index contributed by atoms with van der Waals surface area (Å²) in [6.45, 7) is 0. The standard InChI is InChI=1S/C17H21N3S/c1-21-14-9-7-13(8-10-14)17(20-18)15-6-2-4-12-5-3-11-19-16(12)15/h3,5,7-11,15,17,20H,2,4,6,18H2,1H3. The zero-order valence-corrected chi connectivity index (χ0v) is 13.1. The third-order valence-corrected chi connectivity index (χ3v) is 5.04. The Balaban J connectivity index is 1.93. The molecule has 2 unspecified atom stereocenters. The van der Waals surface area contributed by atoms with Crippen molar-refractivity contribution in [2.75, 3.05) is 6.26 Å². The van der Waals surface area contributed by atoms with Crippen LogP contribution >= 0.6 is 11.8 Å². The summed E-state index contributed by atoms with van der Waals surface area (Å²) in [6.07, 6.45) is 7.44. The lowest BCUT2D eigenvalue weighted by Crippen LogP contribution is -2.34. The molecule has 0 radical (unpaired) electrons. The summed E-state index contributed by atoms with van der Waals surface area (Å²) in [5.74, 6) is 6.23. The molecule has 1 aromatic heterocycles. The molecule has 0 saturated heterocycles. The SMILES string of the molecule is CSc1ccc(C(NN)C2CCCc3cccnc32)cc1. The van der Waals surface area contributed by atoms with Crippen LogP contribution in [0.5, 0.6) is 0 Å². The van der Waals surface area contributed by atoms with Crippen molar-refractivity contribution >= 4 is 11.8 Å². The first-order valence-electron chi connectivity index (χ1n) is 7.37. The van der Waals surface area contributed by atoms with E-state index in [0.717, 1.165) is 12.8 Å². The highest BCUT2D eigenvalue weighted by molar-refractivity contribution is 7.98. The molecule has 3 rings (SSSR count). The molecule has 0 spiro atoms. The van der Waals surface area contributed by atoms with E-state index < -0.39 is 0 Å². The van der Waals surface area contributed by atoms with Crippen LogP contribution in [-0.4, -0.2) is 11.2 Å². The predicted octanol–water partition coefficient (Wildman–Crippen LogP) is 3.43. The number of hydrazine groups is 1. The number of nitrogens with two attached hydrogens (primary N) is 1. The van der Waals surface area contributed by atoms with E-state index in [1.54, 1.807) is 11.8 Å². The molecule has 2 atom stereocenters. The minimum absolute atomic E-state index is 0.120. The topological polar surface area (TPSA) is 50.9 Å². The third-order valence-electron chi connectivity index (χ3n) is 4.30. The lowest BCUT2D eigenvalue weighted by atomic mass is 9.80. The Kier molecular flexibility index (Phi) is 4.58. The number of aromatic nitrogens is 1. The van der Waals surface area contributed by atoms with Gasteiger partial charge in [-0.1, -0.05) is 18.2 Å². The van der Waals surface area contributed by atoms with Crippen LogP contribution in [0.3, 0.4) is 0 Å². The second-order valence-corrected chi connectivity index (χ2v) is 6.34. The van der Waals surface area contributed by atoms with Crippen molar-refractivity contribution in [3.63, 3.8) is 0 Å². The first kappa shape index (κ1) is 14.6. The Labute approximate surface area is 130 Å². The minimum Gasteiger partial charge on any atom is -0.271 e. The van der Waals surface area contributed by atoms with Crippen molar-refractivity contribution in [2.45, 2.75) is 36.1 Å². The van der Waals surface area contributed by atoms with Gasteiger partial charge in [0.05, 0.1) is 6.04 Å². The molecular weight excluding hydrogens is 278 g/mol. The predicted molar refractivity (Wildman–Crippen MR) is 88.2 cm³/mol. The van der Waals surface area contributed by atoms with E-state index in [1.165, 1.54) is 28.1 Å². The second kappa shape index (κ2) is 6.60. The van der Waals surface area contributed by atoms with Crippen LogP contribution < -0.4 is 11.3 Å². The Morgan fingerprint density at radius 2 is 2.10 bits per heavy atom. The fourth-order valence-electron chi connectivity index (χ4n) is 3.23. The van der Waals surface area contributed by atoms with Crippen molar-refractivity contribution in [1.29, 1.82) is 0 Å². The van der Waals surface area contributed by atoms with Crippen LogP contribution in [0.15, 0.2) is 47.5 Å². The molecule has 2 aromatic rings. The van der Waals surface area contributed by atoms with Crippen LogP contribution in [0.4, 0.5) is 0 Å². The van der Waals surface area contributed by atoms with Gasteiger partial charge in [-0.25, -0.2) is 0 Å². The molecule has 0 fully saturated rings. The molecule has 1 aromatic carbocycles. The van der Waals surface area contributed by atoms with Crippen molar-refractivity contribution in [3.8, 4) is 0 Å². The molecule has 1 aliphatic carbocycles. The minimum atomic E-state index is 0.120. The molecule has 0 bridgehead atoms. The number of thioether (sulfide) groups is 1. The fourth-order valence-corrected chi connectivity index (χ4v) is 3.63. The average Bonchev–Trinajstić information content (AvgIpc) is 2.56. The van der Waals surface area contributed by atoms with Gasteiger partial charge in [0.15, 0.2) is 0 Å². The second-order valence-electron chi connectivity index (χ2n) is 5.46. The monoisotopic (exact) mass is 299 g/mol. The van der Waals surface area contributed by atoms with E-state index in [2.05, 4.69) is 47.0 Å². The van der Waals surface area contributed by atoms with Crippen LogP contribution in [-0.2, 0) is 6.42 Å². The van der Waals surface area contributed by atoms with Gasteiger partial charge in [0.2, 0.25) is 0 Å². The first-order chi connectivity index (χ1) is 10.3. The maximum absolute atomic E-state index is 5.88. The Bertz CT molecular complexity index is 597. The molecule has 1 heterocycles. The maximum Gasteiger partial charge on any atom is 0.0543 e. The van der Waals surface area contributed by atoms with E-state index in [4.69, 9.17) is 5.84 Å². The number of nitrogens with zero attached hydrogens (tertiary/aromatic N) is 1. The average molecular weight is 299 g/mol. The van der Waals surface area contributed by atoms with E-state index in [1.807, 2.05) is 12.3 Å². The van der Waals surface area contributed by atoms with E-state index in [-0.39, 0.29) is 6.04 Å². The van der Waals surface area contributed by atoms with Gasteiger partial charge >= 0.3 is 0 Å². The molecule has 0 saturated carbocycles. The van der Waals surface area contributed by atoms with Gasteiger partial charge in [0.1, 0.15) is 0 Å². The van der Waals surface area contributed by atoms with Gasteiger partial charge in [-0.3, -0.25) is 16.3 Å². The summed E-state index contributed by atoms with van der Waals surface area (Å²) in [7, 11) is 0. The summed E-state index contributed by atoms with van der Waals surface area (Å²) in [6, 6.07) is 13.0. The summed E-state index contributed by atoms with van der Waals surface area (Å²) >= 11 is 1.76. The quantitative estimate of drug-likeness (QED) is 0.516. The van der Waals surface area contributed by atoms with Crippen LogP contribution in [0, 0.1) is 0 Å². The normalized spacial score (nSPS) is 19.0. The van der Waals surface area contributed by atoms with Gasteiger partial charge in [-0.2, -0.15) is 0 Å². The Morgan fingerprint density at radius 3 is 2.81 bits per heavy atom. The zero-order valence-electron chi connectivity index (χ0n) is 12.3. The van der Waals surface area contributed by atoms with Crippen molar-refractivity contribution in [1.82, 2.24) is 10.4 Å². The number of nitrogens with one attached hydrogen (secondary N) is 1. The molecule has 3 N–H and O–H groups in total. The summed E-state index contributed by atoms with van der Waals surface area (Å²) in [5, 5.41) is 0. The van der Waals surface area contributed by atoms with Crippen molar-refractivity contribution in [3.05, 3.63) is 59.4 Å². The van der Waals surface area contributed by atoms with Crippen molar-refractivity contribution in [2.24, 2.45) is 5.84 Å². The summed E-state index contributed by atoms with van der Waals surface area (Å²) < 4.78 is 0. The number of benzene rings is 1. The van der Waals surface area contributed by atoms with Gasteiger partial charge in [0.25, 0.3) is 0 Å². The summed E-state index contributed by atoms with van der Waals surface area (Å²) in [5.41, 5.74) is 6.83. The first-order valence-corrected chi connectivity index (χ1v) is 8.60. The molecular formula is C17H21N3S. The highest BCUT2D eigenvalue weighted by Gasteiger charge is 2.29. The van der Waals surface area contributed by atoms with E-state index in [9.17, 15) is 0 Å². The smallest absolute Gasteiger partial charge is 0.0543 e. The van der Waals surface area contributed by atoms with Gasteiger partial charge < -0.3 is 0 Å².